The number of fused-ring (bicyclic) bond motifs is 3. The fraction of sp³-hybridized carbons (Fsp3) is 0.273. The Morgan fingerprint density at radius 1 is 0.857 bits per heavy atom. The van der Waals surface area contributed by atoms with E-state index in [-0.39, 0.29) is 17.2 Å². The predicted octanol–water partition coefficient (Wildman–Crippen LogP) is 3.60. The second kappa shape index (κ2) is 6.71. The van der Waals surface area contributed by atoms with Gasteiger partial charge in [-0.2, -0.15) is 0 Å². The van der Waals surface area contributed by atoms with Gasteiger partial charge < -0.3 is 4.57 Å². The third kappa shape index (κ3) is 2.64. The lowest BCUT2D eigenvalue weighted by atomic mass is 9.95. The van der Waals surface area contributed by atoms with Crippen molar-refractivity contribution in [3.8, 4) is 5.82 Å². The molecule has 0 atom stereocenters. The van der Waals surface area contributed by atoms with E-state index >= 15 is 0 Å². The van der Waals surface area contributed by atoms with Gasteiger partial charge in [0.15, 0.2) is 0 Å². The van der Waals surface area contributed by atoms with Crippen LogP contribution in [0.3, 0.4) is 0 Å². The van der Waals surface area contributed by atoms with Crippen molar-refractivity contribution in [2.24, 2.45) is 0 Å². The third-order valence-electron chi connectivity index (χ3n) is 5.69. The van der Waals surface area contributed by atoms with E-state index in [0.717, 1.165) is 25.7 Å². The lowest BCUT2D eigenvalue weighted by molar-refractivity contribution is 0.347. The third-order valence-corrected chi connectivity index (χ3v) is 5.69. The minimum Gasteiger partial charge on any atom is -0.312 e. The molecule has 5 rings (SSSR count). The van der Waals surface area contributed by atoms with Crippen molar-refractivity contribution in [2.45, 2.75) is 38.1 Å². The van der Waals surface area contributed by atoms with Gasteiger partial charge in [0, 0.05) is 36.2 Å². The SMILES string of the molecule is O=c1c2c(ccn1-c1ccccn1)ncc1c(=O)n(C3CCCCC3)ccc12. The molecule has 4 aromatic heterocycles. The molecule has 4 heterocycles. The van der Waals surface area contributed by atoms with Gasteiger partial charge in [0.05, 0.1) is 16.3 Å². The molecular formula is C22H20N4O2. The molecule has 0 radical (unpaired) electrons. The van der Waals surface area contributed by atoms with Gasteiger partial charge in [0.2, 0.25) is 0 Å². The maximum Gasteiger partial charge on any atom is 0.266 e. The van der Waals surface area contributed by atoms with E-state index in [1.54, 1.807) is 36.8 Å². The average Bonchev–Trinajstić information content (AvgIpc) is 2.75. The largest absolute Gasteiger partial charge is 0.312 e. The van der Waals surface area contributed by atoms with Crippen molar-refractivity contribution in [1.29, 1.82) is 0 Å². The van der Waals surface area contributed by atoms with Crippen LogP contribution >= 0.6 is 0 Å². The van der Waals surface area contributed by atoms with Crippen LogP contribution in [-0.2, 0) is 0 Å². The first kappa shape index (κ1) is 16.9. The summed E-state index contributed by atoms with van der Waals surface area (Å²) in [4.78, 5) is 35.0. The molecule has 0 saturated heterocycles. The molecule has 0 unspecified atom stereocenters. The number of hydrogen-bond acceptors (Lipinski definition) is 4. The highest BCUT2D eigenvalue weighted by Crippen LogP contribution is 2.28. The number of hydrogen-bond donors (Lipinski definition) is 0. The van der Waals surface area contributed by atoms with Crippen LogP contribution < -0.4 is 11.1 Å². The van der Waals surface area contributed by atoms with E-state index < -0.39 is 0 Å². The van der Waals surface area contributed by atoms with Crippen molar-refractivity contribution >= 4 is 21.7 Å². The second-order valence-electron chi connectivity index (χ2n) is 7.34. The Morgan fingerprint density at radius 3 is 2.50 bits per heavy atom. The van der Waals surface area contributed by atoms with Gasteiger partial charge in [-0.3, -0.25) is 19.1 Å². The standard InChI is InChI=1S/C22H20N4O2/c27-21-17-14-24-18-10-13-26(19-8-4-5-11-23-19)22(28)20(18)16(17)9-12-25(21)15-6-2-1-3-7-15/h4-5,8-15H,1-3,6-7H2. The number of aromatic nitrogens is 4. The summed E-state index contributed by atoms with van der Waals surface area (Å²) in [5, 5.41) is 1.60. The fourth-order valence-electron chi connectivity index (χ4n) is 4.25. The van der Waals surface area contributed by atoms with Gasteiger partial charge in [0.1, 0.15) is 5.82 Å². The van der Waals surface area contributed by atoms with Gasteiger partial charge in [0.25, 0.3) is 11.1 Å². The van der Waals surface area contributed by atoms with Crippen LogP contribution in [0.2, 0.25) is 0 Å². The lowest BCUT2D eigenvalue weighted by Gasteiger charge is -2.24. The van der Waals surface area contributed by atoms with E-state index in [9.17, 15) is 9.59 Å². The second-order valence-corrected chi connectivity index (χ2v) is 7.34. The van der Waals surface area contributed by atoms with Crippen LogP contribution in [0.15, 0.2) is 64.7 Å². The van der Waals surface area contributed by atoms with Gasteiger partial charge in [-0.15, -0.1) is 0 Å². The zero-order valence-electron chi connectivity index (χ0n) is 15.4. The minimum atomic E-state index is -0.218. The first-order valence-electron chi connectivity index (χ1n) is 9.71. The maximum absolute atomic E-state index is 13.2. The molecule has 6 nitrogen and oxygen atoms in total. The van der Waals surface area contributed by atoms with Crippen LogP contribution in [0.1, 0.15) is 38.1 Å². The van der Waals surface area contributed by atoms with Crippen molar-refractivity contribution < 1.29 is 0 Å². The predicted molar refractivity (Wildman–Crippen MR) is 109 cm³/mol. The summed E-state index contributed by atoms with van der Waals surface area (Å²) in [7, 11) is 0. The van der Waals surface area contributed by atoms with E-state index in [2.05, 4.69) is 9.97 Å². The smallest absolute Gasteiger partial charge is 0.266 e. The van der Waals surface area contributed by atoms with E-state index in [4.69, 9.17) is 0 Å². The van der Waals surface area contributed by atoms with Crippen LogP contribution in [0.4, 0.5) is 0 Å². The van der Waals surface area contributed by atoms with Crippen LogP contribution in [0.5, 0.6) is 0 Å². The molecule has 0 aromatic carbocycles. The quantitative estimate of drug-likeness (QED) is 0.504. The van der Waals surface area contributed by atoms with E-state index in [1.807, 2.05) is 22.9 Å². The Hall–Kier alpha value is -3.28. The summed E-state index contributed by atoms with van der Waals surface area (Å²) in [5.41, 5.74) is 0.301. The molecule has 1 saturated carbocycles. The van der Waals surface area contributed by atoms with Gasteiger partial charge >= 0.3 is 0 Å². The van der Waals surface area contributed by atoms with Crippen molar-refractivity contribution in [3.63, 3.8) is 0 Å². The summed E-state index contributed by atoms with van der Waals surface area (Å²) < 4.78 is 3.32. The molecule has 0 amide bonds. The molecule has 28 heavy (non-hydrogen) atoms. The first-order chi connectivity index (χ1) is 13.7. The van der Waals surface area contributed by atoms with Crippen LogP contribution in [0.25, 0.3) is 27.5 Å². The molecule has 0 bridgehead atoms. The summed E-state index contributed by atoms with van der Waals surface area (Å²) in [6.07, 6.45) is 12.4. The van der Waals surface area contributed by atoms with Gasteiger partial charge in [-0.25, -0.2) is 4.98 Å². The molecule has 6 heteroatoms. The molecule has 0 spiro atoms. The monoisotopic (exact) mass is 372 g/mol. The normalized spacial score (nSPS) is 15.3. The topological polar surface area (TPSA) is 69.8 Å². The minimum absolute atomic E-state index is 0.0635. The number of pyridine rings is 4. The molecule has 1 fully saturated rings. The van der Waals surface area contributed by atoms with Crippen LogP contribution in [-0.4, -0.2) is 19.1 Å². The highest BCUT2D eigenvalue weighted by molar-refractivity contribution is 6.04. The molecule has 1 aliphatic carbocycles. The summed E-state index contributed by atoms with van der Waals surface area (Å²) in [6, 6.07) is 9.34. The zero-order chi connectivity index (χ0) is 19.1. The number of rotatable bonds is 2. The first-order valence-corrected chi connectivity index (χ1v) is 9.71. The molecule has 4 aromatic rings. The molecule has 1 aliphatic rings. The van der Waals surface area contributed by atoms with Gasteiger partial charge in [-0.1, -0.05) is 25.3 Å². The molecular weight excluding hydrogens is 352 g/mol. The van der Waals surface area contributed by atoms with E-state index in [1.165, 1.54) is 11.0 Å². The number of nitrogens with zero attached hydrogens (tertiary/aromatic N) is 4. The maximum atomic E-state index is 13.2. The Balaban J connectivity index is 1.76. The summed E-state index contributed by atoms with van der Waals surface area (Å²) >= 11 is 0. The Morgan fingerprint density at radius 2 is 1.71 bits per heavy atom. The van der Waals surface area contributed by atoms with Crippen molar-refractivity contribution in [3.05, 3.63) is 75.8 Å². The molecule has 0 N–H and O–H groups in total. The molecule has 140 valence electrons. The highest BCUT2D eigenvalue weighted by atomic mass is 16.1. The van der Waals surface area contributed by atoms with Crippen LogP contribution in [0, 0.1) is 0 Å². The van der Waals surface area contributed by atoms with Crippen molar-refractivity contribution in [2.75, 3.05) is 0 Å². The average molecular weight is 372 g/mol. The Kier molecular flexibility index (Phi) is 4.04. The van der Waals surface area contributed by atoms with Gasteiger partial charge in [-0.05, 0) is 37.1 Å². The zero-order valence-corrected chi connectivity index (χ0v) is 15.4. The highest BCUT2D eigenvalue weighted by Gasteiger charge is 2.18. The lowest BCUT2D eigenvalue weighted by Crippen LogP contribution is -2.26. The summed E-state index contributed by atoms with van der Waals surface area (Å²) in [5.74, 6) is 0.543. The Bertz CT molecular complexity index is 1290. The fourth-order valence-corrected chi connectivity index (χ4v) is 4.25. The summed E-state index contributed by atoms with van der Waals surface area (Å²) in [6.45, 7) is 0. The molecule has 0 aliphatic heterocycles. The Labute approximate surface area is 161 Å². The van der Waals surface area contributed by atoms with Crippen molar-refractivity contribution in [1.82, 2.24) is 19.1 Å². The van der Waals surface area contributed by atoms with E-state index in [0.29, 0.717) is 27.5 Å².